The van der Waals surface area contributed by atoms with Crippen LogP contribution in [0.15, 0.2) is 40.5 Å². The van der Waals surface area contributed by atoms with Gasteiger partial charge in [0.1, 0.15) is 11.4 Å². The van der Waals surface area contributed by atoms with E-state index in [-0.39, 0.29) is 15.9 Å². The molecule has 3 nitrogen and oxygen atoms in total. The van der Waals surface area contributed by atoms with Crippen LogP contribution in [0.3, 0.4) is 0 Å². The maximum absolute atomic E-state index is 14.5. The van der Waals surface area contributed by atoms with Crippen molar-refractivity contribution in [3.8, 4) is 0 Å². The first-order chi connectivity index (χ1) is 10.7. The van der Waals surface area contributed by atoms with E-state index in [1.807, 2.05) is 0 Å². The van der Waals surface area contributed by atoms with Crippen LogP contribution in [0.25, 0.3) is 0 Å². The lowest BCUT2D eigenvalue weighted by Gasteiger charge is -2.37. The second-order valence-corrected chi connectivity index (χ2v) is 5.95. The first-order valence-corrected chi connectivity index (χ1v) is 7.41. The number of halogens is 6. The molecule has 1 heterocycles. The maximum Gasteiger partial charge on any atom is 0.417 e. The molecular weight excluding hydrogens is 406 g/mol. The summed E-state index contributed by atoms with van der Waals surface area (Å²) in [5.41, 5.74) is -3.39. The predicted molar refractivity (Wildman–Crippen MR) is 80.3 cm³/mol. The summed E-state index contributed by atoms with van der Waals surface area (Å²) in [6.07, 6.45) is -2.48. The molecule has 0 aliphatic carbocycles. The molecule has 1 aliphatic rings. The van der Waals surface area contributed by atoms with Crippen LogP contribution in [0.5, 0.6) is 0 Å². The van der Waals surface area contributed by atoms with E-state index < -0.39 is 34.7 Å². The summed E-state index contributed by atoms with van der Waals surface area (Å²) in [7, 11) is 1.29. The Kier molecular flexibility index (Phi) is 4.98. The van der Waals surface area contributed by atoms with Gasteiger partial charge in [-0.3, -0.25) is 0 Å². The second kappa shape index (κ2) is 6.33. The van der Waals surface area contributed by atoms with Gasteiger partial charge in [-0.1, -0.05) is 27.5 Å². The zero-order valence-corrected chi connectivity index (χ0v) is 14.0. The average Bonchev–Trinajstić information content (AvgIpc) is 2.47. The Labute approximate surface area is 142 Å². The molecule has 2 rings (SSSR count). The van der Waals surface area contributed by atoms with Crippen LogP contribution >= 0.6 is 27.5 Å². The largest absolute Gasteiger partial charge is 0.482 e. The van der Waals surface area contributed by atoms with E-state index >= 15 is 0 Å². The van der Waals surface area contributed by atoms with E-state index in [9.17, 15) is 22.7 Å². The molecule has 0 fully saturated rings. The molecule has 0 aromatic heterocycles. The number of hydrogen-bond acceptors (Lipinski definition) is 3. The van der Waals surface area contributed by atoms with Gasteiger partial charge in [0.2, 0.25) is 0 Å². The summed E-state index contributed by atoms with van der Waals surface area (Å²) in [4.78, 5) is 0. The Morgan fingerprint density at radius 1 is 1.35 bits per heavy atom. The fraction of sp³-hybridized carbons (Fsp3) is 0.286. The molecule has 23 heavy (non-hydrogen) atoms. The Morgan fingerprint density at radius 2 is 2.00 bits per heavy atom. The van der Waals surface area contributed by atoms with Crippen LogP contribution in [0.1, 0.15) is 11.1 Å². The summed E-state index contributed by atoms with van der Waals surface area (Å²) < 4.78 is 58.7. The molecule has 126 valence electrons. The lowest BCUT2D eigenvalue weighted by molar-refractivity contribution is -0.137. The summed E-state index contributed by atoms with van der Waals surface area (Å²) in [6.45, 7) is -0.879. The Bertz CT molecular complexity index is 690. The van der Waals surface area contributed by atoms with Crippen molar-refractivity contribution in [3.05, 3.63) is 56.6 Å². The number of alkyl halides is 3. The van der Waals surface area contributed by atoms with Crippen molar-refractivity contribution >= 4 is 27.5 Å². The van der Waals surface area contributed by atoms with Gasteiger partial charge in [-0.2, -0.15) is 13.2 Å². The monoisotopic (exact) mass is 415 g/mol. The maximum atomic E-state index is 14.5. The normalized spacial score (nSPS) is 21.4. The summed E-state index contributed by atoms with van der Waals surface area (Å²) in [6, 6.07) is 1.87. The molecule has 9 heteroatoms. The van der Waals surface area contributed by atoms with Crippen molar-refractivity contribution in [3.63, 3.8) is 0 Å². The second-order valence-electron chi connectivity index (χ2n) is 4.72. The predicted octanol–water partition coefficient (Wildman–Crippen LogP) is 4.25. The summed E-state index contributed by atoms with van der Waals surface area (Å²) in [5.74, 6) is -0.830. The zero-order chi connectivity index (χ0) is 17.4. The fourth-order valence-electron chi connectivity index (χ4n) is 2.26. The van der Waals surface area contributed by atoms with E-state index in [2.05, 4.69) is 21.2 Å². The highest BCUT2D eigenvalue weighted by Crippen LogP contribution is 2.46. The van der Waals surface area contributed by atoms with Gasteiger partial charge < -0.3 is 15.2 Å². The third-order valence-corrected chi connectivity index (χ3v) is 4.46. The third kappa shape index (κ3) is 3.07. The van der Waals surface area contributed by atoms with Crippen LogP contribution in [0.4, 0.5) is 17.6 Å². The van der Waals surface area contributed by atoms with Crippen LogP contribution in [-0.4, -0.2) is 18.8 Å². The molecule has 2 N–H and O–H groups in total. The highest BCUT2D eigenvalue weighted by molar-refractivity contribution is 9.10. The zero-order valence-electron chi connectivity index (χ0n) is 11.6. The highest BCUT2D eigenvalue weighted by atomic mass is 79.9. The number of allylic oxidation sites excluding steroid dienone is 2. The molecule has 0 saturated carbocycles. The van der Waals surface area contributed by atoms with Gasteiger partial charge in [0, 0.05) is 16.1 Å². The summed E-state index contributed by atoms with van der Waals surface area (Å²) >= 11 is 8.97. The summed E-state index contributed by atoms with van der Waals surface area (Å²) in [5, 5.41) is 11.6. The molecular formula is C14H11BrClF4NO2. The van der Waals surface area contributed by atoms with Crippen LogP contribution in [-0.2, 0) is 16.5 Å². The standard InChI is InChI=1S/C14H11BrClF4NO2/c1-23-10-5-4-9(17)13(6-22,21-10)11-8(15)3-2-7(12(11)16)14(18,19)20/h2-5,21-22H,6H2,1H3. The first-order valence-electron chi connectivity index (χ1n) is 6.24. The number of rotatable bonds is 3. The van der Waals surface area contributed by atoms with Crippen LogP contribution in [0, 0.1) is 0 Å². The van der Waals surface area contributed by atoms with Crippen molar-refractivity contribution in [1.29, 1.82) is 0 Å². The molecule has 1 aromatic carbocycles. The number of ether oxygens (including phenoxy) is 1. The Balaban J connectivity index is 2.73. The van der Waals surface area contributed by atoms with Gasteiger partial charge in [0.25, 0.3) is 0 Å². The molecule has 0 radical (unpaired) electrons. The quantitative estimate of drug-likeness (QED) is 0.724. The van der Waals surface area contributed by atoms with E-state index in [1.165, 1.54) is 13.2 Å². The molecule has 1 unspecified atom stereocenters. The SMILES string of the molecule is COC1=CC=C(F)C(CO)(c2c(Br)ccc(C(F)(F)F)c2Cl)N1. The number of aliphatic hydroxyl groups excluding tert-OH is 1. The van der Waals surface area contributed by atoms with E-state index in [1.54, 1.807) is 0 Å². The molecule has 1 aliphatic heterocycles. The van der Waals surface area contributed by atoms with Crippen molar-refractivity contribution in [2.24, 2.45) is 0 Å². The Morgan fingerprint density at radius 3 is 2.52 bits per heavy atom. The number of methoxy groups -OCH3 is 1. The minimum atomic E-state index is -4.72. The van der Waals surface area contributed by atoms with Gasteiger partial charge >= 0.3 is 6.18 Å². The molecule has 0 bridgehead atoms. The number of hydrogen-bond donors (Lipinski definition) is 2. The smallest absolute Gasteiger partial charge is 0.417 e. The minimum Gasteiger partial charge on any atom is -0.482 e. The molecule has 0 spiro atoms. The molecule has 0 amide bonds. The molecule has 1 aromatic rings. The van der Waals surface area contributed by atoms with Crippen molar-refractivity contribution in [2.45, 2.75) is 11.7 Å². The number of dihydropyridines is 1. The third-order valence-electron chi connectivity index (χ3n) is 3.41. The van der Waals surface area contributed by atoms with Gasteiger partial charge in [-0.05, 0) is 18.2 Å². The van der Waals surface area contributed by atoms with Crippen molar-refractivity contribution in [2.75, 3.05) is 13.7 Å². The Hall–Kier alpha value is -1.25. The lowest BCUT2D eigenvalue weighted by Crippen LogP contribution is -2.48. The van der Waals surface area contributed by atoms with Gasteiger partial charge in [0.15, 0.2) is 5.88 Å². The van der Waals surface area contributed by atoms with Crippen LogP contribution in [0.2, 0.25) is 5.02 Å². The highest BCUT2D eigenvalue weighted by Gasteiger charge is 2.45. The number of aliphatic hydroxyl groups is 1. The van der Waals surface area contributed by atoms with Crippen molar-refractivity contribution in [1.82, 2.24) is 5.32 Å². The first kappa shape index (κ1) is 18.1. The minimum absolute atomic E-state index is 0.0702. The van der Waals surface area contributed by atoms with Crippen LogP contribution < -0.4 is 5.32 Å². The van der Waals surface area contributed by atoms with Gasteiger partial charge in [0.05, 0.1) is 24.3 Å². The molecule has 0 saturated heterocycles. The van der Waals surface area contributed by atoms with Crippen molar-refractivity contribution < 1.29 is 27.4 Å². The topological polar surface area (TPSA) is 41.5 Å². The lowest BCUT2D eigenvalue weighted by atomic mass is 9.86. The number of nitrogens with one attached hydrogen (secondary N) is 1. The van der Waals surface area contributed by atoms with E-state index in [0.29, 0.717) is 0 Å². The van der Waals surface area contributed by atoms with Gasteiger partial charge in [-0.15, -0.1) is 0 Å². The average molecular weight is 417 g/mol. The number of benzene rings is 1. The van der Waals surface area contributed by atoms with E-state index in [4.69, 9.17) is 16.3 Å². The van der Waals surface area contributed by atoms with Gasteiger partial charge in [-0.25, -0.2) is 4.39 Å². The van der Waals surface area contributed by atoms with E-state index in [0.717, 1.165) is 18.2 Å². The molecule has 1 atom stereocenters. The fourth-order valence-corrected chi connectivity index (χ4v) is 3.48.